The molecular formula is C25H30ClN3O3. The first-order valence-electron chi connectivity index (χ1n) is 11.0. The Balaban J connectivity index is 0.000000244. The van der Waals surface area contributed by atoms with E-state index in [4.69, 9.17) is 21.4 Å². The van der Waals surface area contributed by atoms with Gasteiger partial charge in [-0.2, -0.15) is 0 Å². The molecule has 2 aromatic carbocycles. The second-order valence-corrected chi connectivity index (χ2v) is 8.28. The third kappa shape index (κ3) is 5.95. The summed E-state index contributed by atoms with van der Waals surface area (Å²) in [7, 11) is 0. The van der Waals surface area contributed by atoms with Crippen molar-refractivity contribution >= 4 is 28.3 Å². The topological polar surface area (TPSA) is 81.4 Å². The van der Waals surface area contributed by atoms with Crippen molar-refractivity contribution in [1.29, 1.82) is 0 Å². The molecule has 2 aliphatic rings. The molecule has 0 radical (unpaired) electrons. The lowest BCUT2D eigenvalue weighted by molar-refractivity contribution is -0.0172. The molecule has 7 heteroatoms. The van der Waals surface area contributed by atoms with Gasteiger partial charge in [0.05, 0.1) is 28.8 Å². The molecule has 0 amide bonds. The molecule has 2 aliphatic heterocycles. The summed E-state index contributed by atoms with van der Waals surface area (Å²) in [6.07, 6.45) is 14.1. The Morgan fingerprint density at radius 3 is 2.25 bits per heavy atom. The summed E-state index contributed by atoms with van der Waals surface area (Å²) < 4.78 is 5.18. The number of fused-ring (bicyclic) bond motifs is 1. The van der Waals surface area contributed by atoms with Crippen LogP contribution >= 0.6 is 11.6 Å². The summed E-state index contributed by atoms with van der Waals surface area (Å²) in [5, 5.41) is 9.20. The normalized spacial score (nSPS) is 17.9. The number of nitrogens with zero attached hydrogens (tertiary/aromatic N) is 1. The molecule has 3 N–H and O–H groups in total. The number of halogens is 1. The van der Waals surface area contributed by atoms with Gasteiger partial charge in [0.15, 0.2) is 0 Å². The van der Waals surface area contributed by atoms with Crippen molar-refractivity contribution in [2.24, 2.45) is 0 Å². The summed E-state index contributed by atoms with van der Waals surface area (Å²) >= 11 is 6.37. The second kappa shape index (κ2) is 11.8. The zero-order valence-corrected chi connectivity index (χ0v) is 18.9. The van der Waals surface area contributed by atoms with Gasteiger partial charge in [0, 0.05) is 30.9 Å². The van der Waals surface area contributed by atoms with Crippen LogP contribution in [-0.2, 0) is 4.74 Å². The highest BCUT2D eigenvalue weighted by molar-refractivity contribution is 6.34. The van der Waals surface area contributed by atoms with Gasteiger partial charge in [-0.1, -0.05) is 23.7 Å². The molecule has 0 bridgehead atoms. The molecule has 3 aromatic rings. The summed E-state index contributed by atoms with van der Waals surface area (Å²) in [5.74, 6) is 0. The first-order valence-corrected chi connectivity index (χ1v) is 11.3. The number of rotatable bonds is 3. The van der Waals surface area contributed by atoms with Crippen molar-refractivity contribution in [1.82, 2.24) is 9.97 Å². The van der Waals surface area contributed by atoms with E-state index >= 15 is 0 Å². The number of hydrogen-bond acceptors (Lipinski definition) is 4. The van der Waals surface area contributed by atoms with Gasteiger partial charge in [-0.15, -0.1) is 12.8 Å². The van der Waals surface area contributed by atoms with Crippen LogP contribution in [0.4, 0.5) is 5.69 Å². The Bertz CT molecular complexity index is 1060. The van der Waals surface area contributed by atoms with Crippen LogP contribution in [0.1, 0.15) is 32.1 Å². The van der Waals surface area contributed by atoms with E-state index in [2.05, 4.69) is 52.0 Å². The average molecular weight is 456 g/mol. The van der Waals surface area contributed by atoms with Crippen LogP contribution in [0.3, 0.4) is 0 Å². The highest BCUT2D eigenvalue weighted by Gasteiger charge is 2.13. The maximum Gasteiger partial charge on any atom is 0.323 e. The summed E-state index contributed by atoms with van der Waals surface area (Å²) in [6.45, 7) is 3.30. The Hall–Kier alpha value is -2.72. The minimum atomic E-state index is -0.215. The fraction of sp³-hybridized carbons (Fsp3) is 0.400. The van der Waals surface area contributed by atoms with Crippen molar-refractivity contribution in [3.05, 3.63) is 51.9 Å². The number of terminal acetylenes is 1. The maximum absolute atomic E-state index is 11.4. The first kappa shape index (κ1) is 23.9. The van der Waals surface area contributed by atoms with Crippen molar-refractivity contribution in [2.75, 3.05) is 31.2 Å². The molecule has 32 heavy (non-hydrogen) atoms. The SMILES string of the molecule is C#C.O=c1[nH]c2cc(Cl)c(-c3ccc(N4CCCC4)cc3)cc2[nH]1.OC[C@@H]1CCCCO1. The van der Waals surface area contributed by atoms with Gasteiger partial charge in [0.1, 0.15) is 0 Å². The van der Waals surface area contributed by atoms with Gasteiger partial charge < -0.3 is 24.7 Å². The Morgan fingerprint density at radius 1 is 1.03 bits per heavy atom. The molecule has 0 spiro atoms. The summed E-state index contributed by atoms with van der Waals surface area (Å²) in [4.78, 5) is 19.3. The summed E-state index contributed by atoms with van der Waals surface area (Å²) in [6, 6.07) is 12.2. The first-order chi connectivity index (χ1) is 15.6. The Labute approximate surface area is 193 Å². The molecule has 1 atom stereocenters. The molecule has 170 valence electrons. The highest BCUT2D eigenvalue weighted by Crippen LogP contribution is 2.32. The van der Waals surface area contributed by atoms with Gasteiger partial charge in [0.25, 0.3) is 0 Å². The number of ether oxygens (including phenoxy) is 1. The van der Waals surface area contributed by atoms with Crippen molar-refractivity contribution in [3.63, 3.8) is 0 Å². The summed E-state index contributed by atoms with van der Waals surface area (Å²) in [5.41, 5.74) is 4.52. The lowest BCUT2D eigenvalue weighted by atomic mass is 10.0. The third-order valence-corrected chi connectivity index (χ3v) is 6.04. The molecule has 0 aliphatic carbocycles. The average Bonchev–Trinajstić information content (AvgIpc) is 3.50. The van der Waals surface area contributed by atoms with Gasteiger partial charge in [-0.25, -0.2) is 4.79 Å². The molecule has 6 nitrogen and oxygen atoms in total. The minimum Gasteiger partial charge on any atom is -0.394 e. The van der Waals surface area contributed by atoms with Crippen molar-refractivity contribution in [3.8, 4) is 24.0 Å². The van der Waals surface area contributed by atoms with E-state index in [1.807, 2.05) is 6.07 Å². The molecule has 0 saturated carbocycles. The number of nitrogens with one attached hydrogen (secondary N) is 2. The van der Waals surface area contributed by atoms with Crippen molar-refractivity contribution in [2.45, 2.75) is 38.2 Å². The van der Waals surface area contributed by atoms with E-state index in [9.17, 15) is 4.79 Å². The van der Waals surface area contributed by atoms with Gasteiger partial charge in [-0.05, 0) is 61.9 Å². The standard InChI is InChI=1S/C17H16ClN3O.C6H12O2.C2H2/c18-14-10-16-15(19-17(22)20-16)9-13(14)11-3-5-12(6-4-11)21-7-1-2-8-21;7-5-6-3-1-2-4-8-6;1-2/h3-6,9-10H,1-2,7-8H2,(H2,19,20,22);6-7H,1-5H2;1-2H/t;6-;/m.0./s1. The number of aliphatic hydroxyl groups excluding tert-OH is 1. The number of aromatic nitrogens is 2. The lowest BCUT2D eigenvalue weighted by Crippen LogP contribution is -2.22. The monoisotopic (exact) mass is 455 g/mol. The molecule has 3 heterocycles. The van der Waals surface area contributed by atoms with E-state index in [1.54, 1.807) is 6.07 Å². The molecular weight excluding hydrogens is 426 g/mol. The molecule has 0 unspecified atom stereocenters. The number of benzene rings is 2. The van der Waals surface area contributed by atoms with Gasteiger partial charge >= 0.3 is 5.69 Å². The van der Waals surface area contributed by atoms with Crippen LogP contribution in [-0.4, -0.2) is 47.5 Å². The smallest absolute Gasteiger partial charge is 0.323 e. The van der Waals surface area contributed by atoms with Crippen molar-refractivity contribution < 1.29 is 9.84 Å². The predicted octanol–water partition coefficient (Wildman–Crippen LogP) is 4.57. The van der Waals surface area contributed by atoms with Gasteiger partial charge in [-0.3, -0.25) is 0 Å². The molecule has 1 aromatic heterocycles. The number of aromatic amines is 2. The fourth-order valence-electron chi connectivity index (χ4n) is 4.06. The Morgan fingerprint density at radius 2 is 1.69 bits per heavy atom. The number of aliphatic hydroxyl groups is 1. The molecule has 2 fully saturated rings. The van der Waals surface area contributed by atoms with Crippen LogP contribution in [0, 0.1) is 12.8 Å². The Kier molecular flexibility index (Phi) is 8.81. The van der Waals surface area contributed by atoms with E-state index in [0.717, 1.165) is 54.7 Å². The quantitative estimate of drug-likeness (QED) is 0.505. The molecule has 5 rings (SSSR count). The highest BCUT2D eigenvalue weighted by atomic mass is 35.5. The van der Waals surface area contributed by atoms with E-state index < -0.39 is 0 Å². The lowest BCUT2D eigenvalue weighted by Gasteiger charge is -2.19. The van der Waals surface area contributed by atoms with E-state index in [1.165, 1.54) is 24.9 Å². The van der Waals surface area contributed by atoms with Crippen LogP contribution in [0.5, 0.6) is 0 Å². The number of H-pyrrole nitrogens is 2. The molecule has 2 saturated heterocycles. The zero-order chi connectivity index (χ0) is 22.9. The number of hydrogen-bond donors (Lipinski definition) is 3. The zero-order valence-electron chi connectivity index (χ0n) is 18.1. The number of imidazole rings is 1. The van der Waals surface area contributed by atoms with Crippen LogP contribution in [0.15, 0.2) is 41.2 Å². The fourth-order valence-corrected chi connectivity index (χ4v) is 4.33. The minimum absolute atomic E-state index is 0.142. The largest absolute Gasteiger partial charge is 0.394 e. The van der Waals surface area contributed by atoms with Crippen LogP contribution in [0.2, 0.25) is 5.02 Å². The van der Waals surface area contributed by atoms with Crippen LogP contribution in [0.25, 0.3) is 22.2 Å². The van der Waals surface area contributed by atoms with E-state index in [-0.39, 0.29) is 18.4 Å². The maximum atomic E-state index is 11.4. The number of anilines is 1. The van der Waals surface area contributed by atoms with Gasteiger partial charge in [0.2, 0.25) is 0 Å². The predicted molar refractivity (Wildman–Crippen MR) is 131 cm³/mol. The van der Waals surface area contributed by atoms with E-state index in [0.29, 0.717) is 5.02 Å². The van der Waals surface area contributed by atoms with Crippen LogP contribution < -0.4 is 10.6 Å². The third-order valence-electron chi connectivity index (χ3n) is 5.73. The second-order valence-electron chi connectivity index (χ2n) is 7.87.